The third-order valence-corrected chi connectivity index (χ3v) is 7.03. The van der Waals surface area contributed by atoms with Crippen LogP contribution >= 0.6 is 23.5 Å². The van der Waals surface area contributed by atoms with Crippen molar-refractivity contribution in [1.29, 1.82) is 0 Å². The van der Waals surface area contributed by atoms with Gasteiger partial charge in [-0.15, -0.1) is 23.5 Å². The number of rotatable bonds is 1. The molecule has 2 aliphatic carbocycles. The number of hydrogen-bond donors (Lipinski definition) is 0. The molecule has 0 spiro atoms. The molecule has 0 aromatic rings. The van der Waals surface area contributed by atoms with E-state index >= 15 is 0 Å². The molecule has 0 amide bonds. The highest BCUT2D eigenvalue weighted by Gasteiger charge is 2.29. The Kier molecular flexibility index (Phi) is 3.53. The van der Waals surface area contributed by atoms with Crippen molar-refractivity contribution >= 4 is 23.5 Å². The molecule has 0 N–H and O–H groups in total. The summed E-state index contributed by atoms with van der Waals surface area (Å²) in [5, 5.41) is 0.726. The van der Waals surface area contributed by atoms with Crippen LogP contribution in [0, 0.1) is 5.92 Å². The monoisotopic (exact) mass is 298 g/mol. The van der Waals surface area contributed by atoms with Gasteiger partial charge in [0.05, 0.1) is 0 Å². The standard InChI is InChI=1S/C18H18S2/c1-4-8-17-13(5-1)9-10-18(20-17)15-11-14-6-2-3-7-16(14)19-12-15/h1-4,7-9,11,15,18H,5-6,10,12H2. The molecule has 0 fully saturated rings. The lowest BCUT2D eigenvalue weighted by Crippen LogP contribution is -2.23. The fraction of sp³-hybridized carbons (Fsp3) is 0.333. The van der Waals surface area contributed by atoms with E-state index in [-0.39, 0.29) is 0 Å². The lowest BCUT2D eigenvalue weighted by atomic mass is 9.95. The number of fused-ring (bicyclic) bond motifs is 2. The summed E-state index contributed by atoms with van der Waals surface area (Å²) in [5.74, 6) is 1.96. The zero-order chi connectivity index (χ0) is 13.4. The predicted molar refractivity (Wildman–Crippen MR) is 91.8 cm³/mol. The summed E-state index contributed by atoms with van der Waals surface area (Å²) in [6, 6.07) is 0. The first-order chi connectivity index (χ1) is 9.90. The molecular formula is C18H18S2. The average Bonchev–Trinajstić information content (AvgIpc) is 2.54. The van der Waals surface area contributed by atoms with Crippen LogP contribution in [0.4, 0.5) is 0 Å². The summed E-state index contributed by atoms with van der Waals surface area (Å²) in [7, 11) is 0. The fourth-order valence-corrected chi connectivity index (χ4v) is 5.82. The number of thioether (sulfide) groups is 2. The van der Waals surface area contributed by atoms with Gasteiger partial charge in [-0.05, 0) is 48.5 Å². The molecule has 2 aliphatic heterocycles. The van der Waals surface area contributed by atoms with E-state index in [1.807, 2.05) is 0 Å². The smallest absolute Gasteiger partial charge is 0.0200 e. The van der Waals surface area contributed by atoms with Gasteiger partial charge in [0, 0.05) is 20.8 Å². The molecule has 4 rings (SSSR count). The summed E-state index contributed by atoms with van der Waals surface area (Å²) < 4.78 is 0. The molecule has 2 heterocycles. The van der Waals surface area contributed by atoms with E-state index in [0.29, 0.717) is 5.92 Å². The Bertz CT molecular complexity index is 599. The second-order valence-electron chi connectivity index (χ2n) is 5.61. The molecule has 20 heavy (non-hydrogen) atoms. The molecule has 0 saturated heterocycles. The SMILES string of the molecule is C1=CCC2=CC(C3CC=C4CC=CC=C4S3)CSC2=C1. The van der Waals surface area contributed by atoms with E-state index in [4.69, 9.17) is 0 Å². The van der Waals surface area contributed by atoms with Gasteiger partial charge in [-0.2, -0.15) is 0 Å². The molecule has 0 aromatic carbocycles. The minimum absolute atomic E-state index is 0.716. The van der Waals surface area contributed by atoms with Gasteiger partial charge in [-0.3, -0.25) is 0 Å². The van der Waals surface area contributed by atoms with Crippen LogP contribution in [-0.4, -0.2) is 11.0 Å². The Labute approximate surface area is 129 Å². The van der Waals surface area contributed by atoms with E-state index in [1.54, 1.807) is 11.1 Å². The van der Waals surface area contributed by atoms with Gasteiger partial charge < -0.3 is 0 Å². The van der Waals surface area contributed by atoms with Gasteiger partial charge in [0.15, 0.2) is 0 Å². The minimum Gasteiger partial charge on any atom is -0.125 e. The Morgan fingerprint density at radius 2 is 1.75 bits per heavy atom. The highest BCUT2D eigenvalue weighted by atomic mass is 32.2. The van der Waals surface area contributed by atoms with Crippen LogP contribution in [0.3, 0.4) is 0 Å². The van der Waals surface area contributed by atoms with Gasteiger partial charge in [-0.1, -0.05) is 36.5 Å². The topological polar surface area (TPSA) is 0 Å². The Morgan fingerprint density at radius 3 is 2.65 bits per heavy atom. The van der Waals surface area contributed by atoms with Crippen LogP contribution in [0.5, 0.6) is 0 Å². The van der Waals surface area contributed by atoms with Crippen molar-refractivity contribution in [3.05, 3.63) is 69.6 Å². The largest absolute Gasteiger partial charge is 0.125 e. The molecule has 4 aliphatic rings. The van der Waals surface area contributed by atoms with E-state index in [2.05, 4.69) is 72.1 Å². The second-order valence-corrected chi connectivity index (χ2v) is 7.96. The number of allylic oxidation sites excluding steroid dienone is 10. The van der Waals surface area contributed by atoms with Crippen molar-refractivity contribution in [2.75, 3.05) is 5.75 Å². The predicted octanol–water partition coefficient (Wildman–Crippen LogP) is 5.40. The minimum atomic E-state index is 0.716. The lowest BCUT2D eigenvalue weighted by Gasteiger charge is -2.33. The van der Waals surface area contributed by atoms with Crippen LogP contribution in [0.25, 0.3) is 0 Å². The van der Waals surface area contributed by atoms with Crippen LogP contribution in [-0.2, 0) is 0 Å². The van der Waals surface area contributed by atoms with Crippen molar-refractivity contribution in [1.82, 2.24) is 0 Å². The van der Waals surface area contributed by atoms with E-state index in [9.17, 15) is 0 Å². The highest BCUT2D eigenvalue weighted by Crippen LogP contribution is 2.46. The summed E-state index contributed by atoms with van der Waals surface area (Å²) in [4.78, 5) is 3.01. The van der Waals surface area contributed by atoms with Crippen molar-refractivity contribution in [3.8, 4) is 0 Å². The summed E-state index contributed by atoms with van der Waals surface area (Å²) in [5.41, 5.74) is 3.10. The Hall–Kier alpha value is -0.860. The van der Waals surface area contributed by atoms with Gasteiger partial charge in [0.1, 0.15) is 0 Å². The first kappa shape index (κ1) is 12.8. The molecule has 0 bridgehead atoms. The maximum atomic E-state index is 2.56. The molecule has 102 valence electrons. The van der Waals surface area contributed by atoms with E-state index in [0.717, 1.165) is 18.1 Å². The van der Waals surface area contributed by atoms with Crippen LogP contribution in [0.15, 0.2) is 69.6 Å². The molecule has 2 unspecified atom stereocenters. The molecule has 2 heteroatoms. The van der Waals surface area contributed by atoms with Gasteiger partial charge in [0.2, 0.25) is 0 Å². The first-order valence-corrected chi connectivity index (χ1v) is 9.20. The van der Waals surface area contributed by atoms with Crippen molar-refractivity contribution in [3.63, 3.8) is 0 Å². The number of hydrogen-bond acceptors (Lipinski definition) is 2. The summed E-state index contributed by atoms with van der Waals surface area (Å²) in [6.07, 6.45) is 22.0. The van der Waals surface area contributed by atoms with Crippen LogP contribution < -0.4 is 0 Å². The van der Waals surface area contributed by atoms with Gasteiger partial charge in [0.25, 0.3) is 0 Å². The third-order valence-electron chi connectivity index (χ3n) is 4.27. The molecule has 0 nitrogen and oxygen atoms in total. The first-order valence-electron chi connectivity index (χ1n) is 7.34. The lowest BCUT2D eigenvalue weighted by molar-refractivity contribution is 0.675. The maximum Gasteiger partial charge on any atom is 0.0200 e. The Morgan fingerprint density at radius 1 is 0.950 bits per heavy atom. The average molecular weight is 298 g/mol. The molecular weight excluding hydrogens is 280 g/mol. The Balaban J connectivity index is 1.55. The highest BCUT2D eigenvalue weighted by molar-refractivity contribution is 8.04. The van der Waals surface area contributed by atoms with Gasteiger partial charge >= 0.3 is 0 Å². The van der Waals surface area contributed by atoms with E-state index in [1.165, 1.54) is 22.0 Å². The normalized spacial score (nSPS) is 31.6. The van der Waals surface area contributed by atoms with Crippen molar-refractivity contribution < 1.29 is 0 Å². The van der Waals surface area contributed by atoms with Crippen molar-refractivity contribution in [2.24, 2.45) is 5.92 Å². The second kappa shape index (κ2) is 5.50. The van der Waals surface area contributed by atoms with E-state index < -0.39 is 0 Å². The van der Waals surface area contributed by atoms with Crippen LogP contribution in [0.2, 0.25) is 0 Å². The zero-order valence-corrected chi connectivity index (χ0v) is 13.1. The molecule has 0 aromatic heterocycles. The van der Waals surface area contributed by atoms with Crippen molar-refractivity contribution in [2.45, 2.75) is 24.5 Å². The quantitative estimate of drug-likeness (QED) is 0.636. The maximum absolute atomic E-state index is 2.56. The zero-order valence-electron chi connectivity index (χ0n) is 11.4. The van der Waals surface area contributed by atoms with Crippen LogP contribution in [0.1, 0.15) is 19.3 Å². The van der Waals surface area contributed by atoms with Gasteiger partial charge in [-0.25, -0.2) is 0 Å². The summed E-state index contributed by atoms with van der Waals surface area (Å²) >= 11 is 4.16. The molecule has 2 atom stereocenters. The summed E-state index contributed by atoms with van der Waals surface area (Å²) in [6.45, 7) is 0. The fourth-order valence-electron chi connectivity index (χ4n) is 3.15. The molecule has 0 saturated carbocycles. The molecule has 0 radical (unpaired) electrons. The third kappa shape index (κ3) is 2.40.